The lowest BCUT2D eigenvalue weighted by Gasteiger charge is -2.37. The quantitative estimate of drug-likeness (QED) is 0.564. The van der Waals surface area contributed by atoms with Gasteiger partial charge < -0.3 is 19.7 Å². The predicted octanol–water partition coefficient (Wildman–Crippen LogP) is 0.642. The van der Waals surface area contributed by atoms with E-state index in [1.807, 2.05) is 24.3 Å². The second kappa shape index (κ2) is 10.4. The molecule has 2 aliphatic heterocycles. The Hall–Kier alpha value is -2.16. The highest BCUT2D eigenvalue weighted by Gasteiger charge is 2.19. The maximum absolute atomic E-state index is 11.7. The molecule has 0 atom stereocenters. The number of hydrogen-bond donors (Lipinski definition) is 1. The average molecular weight is 390 g/mol. The summed E-state index contributed by atoms with van der Waals surface area (Å²) in [6, 6.07) is 7.59. The molecule has 0 unspecified atom stereocenters. The van der Waals surface area contributed by atoms with Crippen molar-refractivity contribution in [2.45, 2.75) is 6.92 Å². The fourth-order valence-electron chi connectivity index (χ4n) is 3.47. The number of ether oxygens (including phenoxy) is 2. The molecule has 0 spiro atoms. The van der Waals surface area contributed by atoms with E-state index in [4.69, 9.17) is 9.47 Å². The highest BCUT2D eigenvalue weighted by Crippen LogP contribution is 2.19. The number of carbonyl (C=O) groups excluding carboxylic acids is 2. The molecular weight excluding hydrogens is 360 g/mol. The Bertz CT molecular complexity index is 638. The molecule has 0 radical (unpaired) electrons. The smallest absolute Gasteiger partial charge is 0.397 e. The fraction of sp³-hybridized carbons (Fsp3) is 0.600. The van der Waals surface area contributed by atoms with Crippen molar-refractivity contribution < 1.29 is 19.1 Å². The Morgan fingerprint density at radius 1 is 0.964 bits per heavy atom. The molecule has 0 aromatic heterocycles. The van der Waals surface area contributed by atoms with Gasteiger partial charge in [0.05, 0.1) is 19.8 Å². The molecule has 1 N–H and O–H groups in total. The fourth-order valence-corrected chi connectivity index (χ4v) is 3.47. The summed E-state index contributed by atoms with van der Waals surface area (Å²) in [5, 5.41) is 2.56. The first-order chi connectivity index (χ1) is 13.7. The lowest BCUT2D eigenvalue weighted by atomic mass is 10.2. The van der Waals surface area contributed by atoms with E-state index in [2.05, 4.69) is 20.0 Å². The van der Waals surface area contributed by atoms with Crippen molar-refractivity contribution in [3.63, 3.8) is 0 Å². The van der Waals surface area contributed by atoms with E-state index in [0.717, 1.165) is 71.3 Å². The van der Waals surface area contributed by atoms with Crippen molar-refractivity contribution >= 4 is 23.3 Å². The van der Waals surface area contributed by atoms with Gasteiger partial charge in [-0.15, -0.1) is 0 Å². The van der Waals surface area contributed by atoms with Crippen LogP contribution in [-0.2, 0) is 19.1 Å². The summed E-state index contributed by atoms with van der Waals surface area (Å²) < 4.78 is 10.1. The van der Waals surface area contributed by atoms with Gasteiger partial charge in [-0.2, -0.15) is 0 Å². The second-order valence-corrected chi connectivity index (χ2v) is 7.00. The van der Waals surface area contributed by atoms with E-state index in [0.29, 0.717) is 5.69 Å². The topological polar surface area (TPSA) is 74.4 Å². The largest absolute Gasteiger partial charge is 0.459 e. The lowest BCUT2D eigenvalue weighted by Crippen LogP contribution is -2.49. The molecule has 1 aromatic rings. The summed E-state index contributed by atoms with van der Waals surface area (Å²) >= 11 is 0. The van der Waals surface area contributed by atoms with Crippen LogP contribution in [0.1, 0.15) is 6.92 Å². The van der Waals surface area contributed by atoms with Crippen LogP contribution in [0.15, 0.2) is 24.3 Å². The minimum Gasteiger partial charge on any atom is -0.459 e. The normalized spacial score (nSPS) is 18.7. The minimum atomic E-state index is -0.861. The molecule has 2 fully saturated rings. The molecule has 2 aliphatic rings. The van der Waals surface area contributed by atoms with Crippen molar-refractivity contribution in [3.05, 3.63) is 24.3 Å². The van der Waals surface area contributed by atoms with Crippen molar-refractivity contribution in [1.29, 1.82) is 0 Å². The highest BCUT2D eigenvalue weighted by molar-refractivity contribution is 6.37. The van der Waals surface area contributed by atoms with E-state index < -0.39 is 11.9 Å². The molecule has 0 aliphatic carbocycles. The van der Waals surface area contributed by atoms with Crippen LogP contribution in [-0.4, -0.2) is 93.9 Å². The van der Waals surface area contributed by atoms with Crippen molar-refractivity contribution in [2.75, 3.05) is 82.4 Å². The van der Waals surface area contributed by atoms with Gasteiger partial charge in [0.1, 0.15) is 0 Å². The third-order valence-corrected chi connectivity index (χ3v) is 5.16. The number of carbonyl (C=O) groups is 2. The van der Waals surface area contributed by atoms with Gasteiger partial charge in [0, 0.05) is 63.7 Å². The van der Waals surface area contributed by atoms with Crippen LogP contribution < -0.4 is 10.2 Å². The number of benzene rings is 1. The zero-order valence-electron chi connectivity index (χ0n) is 16.6. The predicted molar refractivity (Wildman–Crippen MR) is 108 cm³/mol. The summed E-state index contributed by atoms with van der Waals surface area (Å²) in [6.07, 6.45) is 0. The summed E-state index contributed by atoms with van der Waals surface area (Å²) in [6.45, 7) is 11.9. The van der Waals surface area contributed by atoms with Crippen molar-refractivity contribution in [1.82, 2.24) is 9.80 Å². The maximum Gasteiger partial charge on any atom is 0.397 e. The molecule has 8 heteroatoms. The molecule has 8 nitrogen and oxygen atoms in total. The third kappa shape index (κ3) is 5.92. The van der Waals surface area contributed by atoms with Crippen LogP contribution in [0.3, 0.4) is 0 Å². The van der Waals surface area contributed by atoms with Crippen LogP contribution in [0.25, 0.3) is 0 Å². The number of anilines is 2. The van der Waals surface area contributed by atoms with Gasteiger partial charge in [-0.25, -0.2) is 4.79 Å². The second-order valence-electron chi connectivity index (χ2n) is 7.00. The van der Waals surface area contributed by atoms with Gasteiger partial charge in [-0.05, 0) is 31.2 Å². The van der Waals surface area contributed by atoms with Gasteiger partial charge in [0.2, 0.25) is 0 Å². The van der Waals surface area contributed by atoms with Crippen molar-refractivity contribution in [2.24, 2.45) is 0 Å². The first-order valence-electron chi connectivity index (χ1n) is 10.0. The van der Waals surface area contributed by atoms with E-state index >= 15 is 0 Å². The summed E-state index contributed by atoms with van der Waals surface area (Å²) in [7, 11) is 0. The summed E-state index contributed by atoms with van der Waals surface area (Å²) in [5.41, 5.74) is 1.72. The Labute approximate surface area is 166 Å². The monoisotopic (exact) mass is 390 g/mol. The number of nitrogens with zero attached hydrogens (tertiary/aromatic N) is 3. The van der Waals surface area contributed by atoms with Gasteiger partial charge >= 0.3 is 11.9 Å². The van der Waals surface area contributed by atoms with Gasteiger partial charge in [0.15, 0.2) is 0 Å². The first-order valence-corrected chi connectivity index (χ1v) is 10.0. The Balaban J connectivity index is 1.41. The van der Waals surface area contributed by atoms with Gasteiger partial charge in [-0.1, -0.05) is 0 Å². The third-order valence-electron chi connectivity index (χ3n) is 5.16. The molecule has 0 saturated carbocycles. The number of piperazine rings is 1. The van der Waals surface area contributed by atoms with Crippen LogP contribution in [0.5, 0.6) is 0 Å². The molecule has 28 heavy (non-hydrogen) atoms. The minimum absolute atomic E-state index is 0.184. The zero-order chi connectivity index (χ0) is 19.8. The van der Waals surface area contributed by atoms with Crippen molar-refractivity contribution in [3.8, 4) is 0 Å². The number of morpholine rings is 1. The first kappa shape index (κ1) is 20.6. The summed E-state index contributed by atoms with van der Waals surface area (Å²) in [4.78, 5) is 30.4. The van der Waals surface area contributed by atoms with Crippen LogP contribution in [0.4, 0.5) is 11.4 Å². The van der Waals surface area contributed by atoms with E-state index in [9.17, 15) is 9.59 Å². The molecule has 3 rings (SSSR count). The lowest BCUT2D eigenvalue weighted by molar-refractivity contribution is -0.152. The number of amides is 1. The molecule has 2 heterocycles. The average Bonchev–Trinajstić information content (AvgIpc) is 2.74. The Morgan fingerprint density at radius 3 is 2.18 bits per heavy atom. The van der Waals surface area contributed by atoms with Gasteiger partial charge in [-0.3, -0.25) is 14.6 Å². The number of rotatable bonds is 6. The number of nitrogens with one attached hydrogen (secondary N) is 1. The molecule has 2 saturated heterocycles. The van der Waals surface area contributed by atoms with Gasteiger partial charge in [0.25, 0.3) is 0 Å². The highest BCUT2D eigenvalue weighted by atomic mass is 16.5. The van der Waals surface area contributed by atoms with E-state index in [-0.39, 0.29) is 6.61 Å². The standard InChI is InChI=1S/C20H30N4O4/c1-2-28-20(26)19(25)21-17-3-5-18(6-4-17)24-11-9-22(10-12-24)7-8-23-13-15-27-16-14-23/h3-6H,2,7-16H2,1H3,(H,21,25). The van der Waals surface area contributed by atoms with Crippen LogP contribution in [0, 0.1) is 0 Å². The zero-order valence-corrected chi connectivity index (χ0v) is 16.6. The molecule has 1 aromatic carbocycles. The van der Waals surface area contributed by atoms with Crippen LogP contribution >= 0.6 is 0 Å². The molecule has 154 valence electrons. The number of hydrogen-bond acceptors (Lipinski definition) is 7. The summed E-state index contributed by atoms with van der Waals surface area (Å²) in [5.74, 6) is -1.61. The maximum atomic E-state index is 11.7. The Kier molecular flexibility index (Phi) is 7.64. The molecule has 0 bridgehead atoms. The Morgan fingerprint density at radius 2 is 1.57 bits per heavy atom. The number of esters is 1. The SMILES string of the molecule is CCOC(=O)C(=O)Nc1ccc(N2CCN(CCN3CCOCC3)CC2)cc1. The van der Waals surface area contributed by atoms with Crippen LogP contribution in [0.2, 0.25) is 0 Å². The van der Waals surface area contributed by atoms with E-state index in [1.165, 1.54) is 0 Å². The van der Waals surface area contributed by atoms with E-state index in [1.54, 1.807) is 6.92 Å². The molecular formula is C20H30N4O4. The molecule has 1 amide bonds.